The first-order valence-corrected chi connectivity index (χ1v) is 12.9. The Hall–Kier alpha value is -3.11. The van der Waals surface area contributed by atoms with Crippen molar-refractivity contribution in [2.24, 2.45) is 0 Å². The van der Waals surface area contributed by atoms with Crippen LogP contribution in [0, 0.1) is 0 Å². The predicted molar refractivity (Wildman–Crippen MR) is 134 cm³/mol. The molecule has 35 heavy (non-hydrogen) atoms. The van der Waals surface area contributed by atoms with Crippen LogP contribution < -0.4 is 20.4 Å². The first kappa shape index (κ1) is 21.2. The Morgan fingerprint density at radius 1 is 0.971 bits per heavy atom. The first-order chi connectivity index (χ1) is 17.3. The fraction of sp³-hybridized carbons (Fsp3) is 0.560. The summed E-state index contributed by atoms with van der Waals surface area (Å²) in [6.07, 6.45) is 7.92. The minimum Gasteiger partial charge on any atom is -0.381 e. The maximum absolute atomic E-state index is 5.66. The Bertz CT molecular complexity index is 1190. The number of pyridine rings is 1. The van der Waals surface area contributed by atoms with Crippen molar-refractivity contribution < 1.29 is 4.74 Å². The molecule has 0 spiro atoms. The van der Waals surface area contributed by atoms with E-state index in [1.165, 1.54) is 25.7 Å². The second-order valence-corrected chi connectivity index (χ2v) is 10.1. The van der Waals surface area contributed by atoms with Crippen LogP contribution >= 0.6 is 0 Å². The van der Waals surface area contributed by atoms with Crippen LogP contribution in [0.1, 0.15) is 43.7 Å². The van der Waals surface area contributed by atoms with Crippen molar-refractivity contribution in [3.63, 3.8) is 0 Å². The topological polar surface area (TPSA) is 104 Å². The zero-order valence-electron chi connectivity index (χ0n) is 19.9. The van der Waals surface area contributed by atoms with Crippen LogP contribution in [-0.4, -0.2) is 76.6 Å². The largest absolute Gasteiger partial charge is 0.381 e. The number of hydrogen-bond acceptors (Lipinski definition) is 10. The molecule has 10 nitrogen and oxygen atoms in total. The predicted octanol–water partition coefficient (Wildman–Crippen LogP) is 2.60. The molecule has 4 fully saturated rings. The molecular formula is C25H31N9O. The Kier molecular flexibility index (Phi) is 5.35. The van der Waals surface area contributed by atoms with Gasteiger partial charge in [0.05, 0.1) is 6.61 Å². The van der Waals surface area contributed by atoms with Crippen molar-refractivity contribution in [2.75, 3.05) is 54.5 Å². The van der Waals surface area contributed by atoms with Gasteiger partial charge < -0.3 is 25.2 Å². The lowest BCUT2D eigenvalue weighted by Crippen LogP contribution is -2.43. The Morgan fingerprint density at radius 2 is 1.80 bits per heavy atom. The number of hydrogen-bond donors (Lipinski definition) is 2. The number of rotatable bonds is 5. The minimum absolute atomic E-state index is 0.348. The lowest BCUT2D eigenvalue weighted by Gasteiger charge is -2.27. The standard InChI is InChI=1S/C25H31N9O/c1-2-19-4-3-18(1)34(19)24-23-17(13-20(28-24)16-7-12-35-15-16)14-27-25(30-23)29-21-5-6-22(32-31-21)33-10-8-26-9-11-33/h5-6,13-14,16,18-19,26H,1-4,7-12,15H2,(H,27,29,30,31). The van der Waals surface area contributed by atoms with E-state index in [1.54, 1.807) is 0 Å². The number of piperazine rings is 1. The van der Waals surface area contributed by atoms with Crippen LogP contribution in [0.3, 0.4) is 0 Å². The molecule has 10 heteroatoms. The van der Waals surface area contributed by atoms with Gasteiger partial charge in [-0.15, -0.1) is 10.2 Å². The van der Waals surface area contributed by atoms with E-state index in [2.05, 4.69) is 41.7 Å². The van der Waals surface area contributed by atoms with Gasteiger partial charge in [0.2, 0.25) is 5.95 Å². The third-order valence-electron chi connectivity index (χ3n) is 7.94. The summed E-state index contributed by atoms with van der Waals surface area (Å²) in [7, 11) is 0. The summed E-state index contributed by atoms with van der Waals surface area (Å²) in [6, 6.07) is 7.25. The molecule has 2 bridgehead atoms. The molecule has 0 radical (unpaired) electrons. The summed E-state index contributed by atoms with van der Waals surface area (Å²) in [4.78, 5) is 19.6. The smallest absolute Gasteiger partial charge is 0.229 e. The van der Waals surface area contributed by atoms with Crippen molar-refractivity contribution in [2.45, 2.75) is 50.1 Å². The van der Waals surface area contributed by atoms with E-state index in [4.69, 9.17) is 14.7 Å². The van der Waals surface area contributed by atoms with Crippen molar-refractivity contribution in [3.8, 4) is 0 Å². The van der Waals surface area contributed by atoms with E-state index < -0.39 is 0 Å². The normalized spacial score (nSPS) is 26.1. The van der Waals surface area contributed by atoms with E-state index in [9.17, 15) is 0 Å². The maximum Gasteiger partial charge on any atom is 0.229 e. The monoisotopic (exact) mass is 473 g/mol. The molecule has 4 saturated heterocycles. The molecule has 1 unspecified atom stereocenters. The SMILES string of the molecule is c1cc(N2CCNCC2)nnc1Nc1ncc2cc(C3CCOC3)nc(N3C4CCC3CC4)c2n1. The Morgan fingerprint density at radius 3 is 2.51 bits per heavy atom. The van der Waals surface area contributed by atoms with E-state index in [-0.39, 0.29) is 0 Å². The highest BCUT2D eigenvalue weighted by Gasteiger charge is 2.41. The highest BCUT2D eigenvalue weighted by Crippen LogP contribution is 2.43. The average Bonchev–Trinajstić information content (AvgIpc) is 3.68. The van der Waals surface area contributed by atoms with Crippen molar-refractivity contribution in [1.82, 2.24) is 30.5 Å². The summed E-state index contributed by atoms with van der Waals surface area (Å²) in [6.45, 7) is 5.38. The molecule has 7 rings (SSSR count). The van der Waals surface area contributed by atoms with Crippen LogP contribution in [-0.2, 0) is 4.74 Å². The second-order valence-electron chi connectivity index (χ2n) is 10.1. The fourth-order valence-electron chi connectivity index (χ4n) is 6.09. The highest BCUT2D eigenvalue weighted by atomic mass is 16.5. The third-order valence-corrected chi connectivity index (χ3v) is 7.94. The molecule has 0 aliphatic carbocycles. The van der Waals surface area contributed by atoms with Crippen molar-refractivity contribution in [3.05, 3.63) is 30.1 Å². The second kappa shape index (κ2) is 8.83. The quantitative estimate of drug-likeness (QED) is 0.575. The van der Waals surface area contributed by atoms with E-state index in [1.807, 2.05) is 18.3 Å². The van der Waals surface area contributed by atoms with E-state index in [0.717, 1.165) is 74.0 Å². The lowest BCUT2D eigenvalue weighted by molar-refractivity contribution is 0.193. The van der Waals surface area contributed by atoms with Crippen LogP contribution in [0.2, 0.25) is 0 Å². The summed E-state index contributed by atoms with van der Waals surface area (Å²) >= 11 is 0. The van der Waals surface area contributed by atoms with Crippen molar-refractivity contribution >= 4 is 34.3 Å². The third kappa shape index (κ3) is 3.94. The molecule has 3 aromatic rings. The molecule has 3 aromatic heterocycles. The van der Waals surface area contributed by atoms with Crippen LogP contribution in [0.4, 0.5) is 23.4 Å². The van der Waals surface area contributed by atoms with Gasteiger partial charge in [-0.3, -0.25) is 0 Å². The molecule has 182 valence electrons. The number of nitrogens with one attached hydrogen (secondary N) is 2. The number of ether oxygens (including phenoxy) is 1. The van der Waals surface area contributed by atoms with Gasteiger partial charge in [0, 0.05) is 68.1 Å². The van der Waals surface area contributed by atoms with Gasteiger partial charge in [-0.25, -0.2) is 15.0 Å². The van der Waals surface area contributed by atoms with Crippen LogP contribution in [0.25, 0.3) is 10.9 Å². The molecule has 0 aromatic carbocycles. The van der Waals surface area contributed by atoms with Gasteiger partial charge in [0.15, 0.2) is 17.5 Å². The van der Waals surface area contributed by atoms with Gasteiger partial charge >= 0.3 is 0 Å². The van der Waals surface area contributed by atoms with Crippen LogP contribution in [0.15, 0.2) is 24.4 Å². The summed E-state index contributed by atoms with van der Waals surface area (Å²) in [5.74, 6) is 3.42. The molecule has 4 aliphatic rings. The average molecular weight is 474 g/mol. The van der Waals surface area contributed by atoms with Gasteiger partial charge in [-0.05, 0) is 50.3 Å². The number of aromatic nitrogens is 5. The lowest BCUT2D eigenvalue weighted by atomic mass is 10.0. The Labute approximate surface area is 204 Å². The maximum atomic E-state index is 5.66. The van der Waals surface area contributed by atoms with E-state index >= 15 is 0 Å². The van der Waals surface area contributed by atoms with Gasteiger partial charge in [-0.2, -0.15) is 0 Å². The zero-order chi connectivity index (χ0) is 23.2. The molecular weight excluding hydrogens is 442 g/mol. The summed E-state index contributed by atoms with van der Waals surface area (Å²) in [5.41, 5.74) is 2.02. The molecule has 0 amide bonds. The molecule has 1 atom stereocenters. The van der Waals surface area contributed by atoms with Gasteiger partial charge in [0.25, 0.3) is 0 Å². The number of fused-ring (bicyclic) bond motifs is 3. The van der Waals surface area contributed by atoms with Crippen LogP contribution in [0.5, 0.6) is 0 Å². The number of nitrogens with zero attached hydrogens (tertiary/aromatic N) is 7. The van der Waals surface area contributed by atoms with Gasteiger partial charge in [0.1, 0.15) is 5.52 Å². The van der Waals surface area contributed by atoms with Crippen molar-refractivity contribution in [1.29, 1.82) is 0 Å². The Balaban J connectivity index is 1.21. The summed E-state index contributed by atoms with van der Waals surface area (Å²) < 4.78 is 5.66. The summed E-state index contributed by atoms with van der Waals surface area (Å²) in [5, 5.41) is 16.5. The highest BCUT2D eigenvalue weighted by molar-refractivity contribution is 5.90. The zero-order valence-corrected chi connectivity index (χ0v) is 19.9. The number of anilines is 4. The minimum atomic E-state index is 0.348. The molecule has 7 heterocycles. The fourth-order valence-corrected chi connectivity index (χ4v) is 6.09. The molecule has 0 saturated carbocycles. The first-order valence-electron chi connectivity index (χ1n) is 12.9. The van der Waals surface area contributed by atoms with Gasteiger partial charge in [-0.1, -0.05) is 0 Å². The molecule has 4 aliphatic heterocycles. The molecule has 2 N–H and O–H groups in total. The van der Waals surface area contributed by atoms with E-state index in [0.29, 0.717) is 29.8 Å².